The van der Waals surface area contributed by atoms with Gasteiger partial charge in [0.2, 0.25) is 5.91 Å². The Morgan fingerprint density at radius 1 is 1.07 bits per heavy atom. The average molecular weight is 420 g/mol. The minimum atomic E-state index is -0.619. The van der Waals surface area contributed by atoms with Gasteiger partial charge in [-0.3, -0.25) is 20.4 Å². The van der Waals surface area contributed by atoms with Gasteiger partial charge in [0, 0.05) is 10.9 Å². The molecule has 9 heteroatoms. The molecule has 0 spiro atoms. The minimum absolute atomic E-state index is 0.0184. The molecule has 1 heterocycles. The van der Waals surface area contributed by atoms with Gasteiger partial charge in [-0.05, 0) is 18.2 Å². The second kappa shape index (κ2) is 9.29. The first-order valence-electron chi connectivity index (χ1n) is 8.17. The number of benzene rings is 2. The molecule has 6 nitrogen and oxygen atoms in total. The number of hydrazine groups is 1. The minimum Gasteiger partial charge on any atom is -0.481 e. The Bertz CT molecular complexity index is 996. The van der Waals surface area contributed by atoms with Crippen molar-refractivity contribution in [3.05, 3.63) is 70.4 Å². The second-order valence-electron chi connectivity index (χ2n) is 5.62. The number of rotatable bonds is 6. The van der Waals surface area contributed by atoms with Crippen LogP contribution in [0.3, 0.4) is 0 Å². The van der Waals surface area contributed by atoms with Crippen LogP contribution in [-0.4, -0.2) is 23.4 Å². The molecule has 0 saturated heterocycles. The predicted octanol–water partition coefficient (Wildman–Crippen LogP) is 3.37. The first-order chi connectivity index (χ1) is 13.5. The number of halogens is 2. The van der Waals surface area contributed by atoms with Crippen LogP contribution in [0, 0.1) is 5.82 Å². The van der Waals surface area contributed by atoms with Crippen molar-refractivity contribution >= 4 is 34.8 Å². The van der Waals surface area contributed by atoms with Crippen molar-refractivity contribution in [1.82, 2.24) is 15.8 Å². The van der Waals surface area contributed by atoms with E-state index in [9.17, 15) is 14.0 Å². The number of para-hydroxylation sites is 1. The van der Waals surface area contributed by atoms with Gasteiger partial charge in [-0.15, -0.1) is 11.3 Å². The van der Waals surface area contributed by atoms with Gasteiger partial charge in [0.1, 0.15) is 5.01 Å². The van der Waals surface area contributed by atoms with E-state index in [1.54, 1.807) is 17.5 Å². The molecule has 0 aliphatic rings. The molecule has 2 N–H and O–H groups in total. The highest BCUT2D eigenvalue weighted by Gasteiger charge is 2.12. The smallest absolute Gasteiger partial charge is 0.276 e. The van der Waals surface area contributed by atoms with Crippen molar-refractivity contribution in [2.45, 2.75) is 6.42 Å². The zero-order valence-electron chi connectivity index (χ0n) is 14.4. The maximum atomic E-state index is 13.4. The van der Waals surface area contributed by atoms with E-state index in [0.717, 1.165) is 5.56 Å². The number of hydrogen-bond donors (Lipinski definition) is 2. The van der Waals surface area contributed by atoms with Gasteiger partial charge >= 0.3 is 0 Å². The first-order valence-corrected chi connectivity index (χ1v) is 9.43. The van der Waals surface area contributed by atoms with E-state index in [1.165, 1.54) is 29.5 Å². The lowest BCUT2D eigenvalue weighted by Gasteiger charge is -2.08. The van der Waals surface area contributed by atoms with E-state index < -0.39 is 24.2 Å². The SMILES string of the molecule is O=C(COc1ccccc1F)NNC(=O)Cc1csc(-c2ccccc2Cl)n1. The number of hydrogen-bond acceptors (Lipinski definition) is 5. The van der Waals surface area contributed by atoms with E-state index in [0.29, 0.717) is 15.7 Å². The molecule has 0 atom stereocenters. The van der Waals surface area contributed by atoms with Crippen molar-refractivity contribution in [1.29, 1.82) is 0 Å². The fraction of sp³-hybridized carbons (Fsp3) is 0.105. The van der Waals surface area contributed by atoms with Crippen LogP contribution in [0.4, 0.5) is 4.39 Å². The lowest BCUT2D eigenvalue weighted by Crippen LogP contribution is -2.44. The Morgan fingerprint density at radius 2 is 1.79 bits per heavy atom. The molecule has 2 aromatic carbocycles. The molecule has 3 aromatic rings. The van der Waals surface area contributed by atoms with Gasteiger partial charge in [0.05, 0.1) is 17.1 Å². The average Bonchev–Trinajstić information content (AvgIpc) is 3.14. The van der Waals surface area contributed by atoms with Gasteiger partial charge < -0.3 is 4.74 Å². The second-order valence-corrected chi connectivity index (χ2v) is 6.88. The summed E-state index contributed by atoms with van der Waals surface area (Å²) in [6.45, 7) is -0.436. The number of nitrogens with zero attached hydrogens (tertiary/aromatic N) is 1. The maximum Gasteiger partial charge on any atom is 0.276 e. The van der Waals surface area contributed by atoms with Crippen molar-refractivity contribution < 1.29 is 18.7 Å². The monoisotopic (exact) mass is 419 g/mol. The summed E-state index contributed by atoms with van der Waals surface area (Å²) in [5.41, 5.74) is 5.82. The summed E-state index contributed by atoms with van der Waals surface area (Å²) in [6, 6.07) is 13.0. The van der Waals surface area contributed by atoms with Crippen molar-refractivity contribution in [3.8, 4) is 16.3 Å². The maximum absolute atomic E-state index is 13.4. The molecule has 0 radical (unpaired) electrons. The standard InChI is InChI=1S/C19H15ClFN3O3S/c20-14-6-2-1-5-13(14)19-22-12(11-28-19)9-17(25)23-24-18(26)10-27-16-8-4-3-7-15(16)21/h1-8,11H,9-10H2,(H,23,25)(H,24,26). The molecule has 1 aromatic heterocycles. The molecule has 0 unspecified atom stereocenters. The third-order valence-electron chi connectivity index (χ3n) is 3.53. The molecule has 28 heavy (non-hydrogen) atoms. The van der Waals surface area contributed by atoms with Gasteiger partial charge in [-0.2, -0.15) is 0 Å². The molecule has 2 amide bonds. The molecule has 0 aliphatic carbocycles. The molecule has 0 aliphatic heterocycles. The molecule has 144 valence electrons. The summed E-state index contributed by atoms with van der Waals surface area (Å²) in [5.74, 6) is -1.68. The Morgan fingerprint density at radius 3 is 2.57 bits per heavy atom. The van der Waals surface area contributed by atoms with Crippen LogP contribution in [0.1, 0.15) is 5.69 Å². The third kappa shape index (κ3) is 5.28. The quantitative estimate of drug-likeness (QED) is 0.600. The largest absolute Gasteiger partial charge is 0.481 e. The number of nitrogens with one attached hydrogen (secondary N) is 2. The van der Waals surface area contributed by atoms with Crippen molar-refractivity contribution in [3.63, 3.8) is 0 Å². The van der Waals surface area contributed by atoms with Crippen LogP contribution < -0.4 is 15.6 Å². The summed E-state index contributed by atoms with van der Waals surface area (Å²) in [6.07, 6.45) is -0.0184. The molecular weight excluding hydrogens is 405 g/mol. The van der Waals surface area contributed by atoms with Gasteiger partial charge in [-0.1, -0.05) is 41.9 Å². The highest BCUT2D eigenvalue weighted by atomic mass is 35.5. The summed E-state index contributed by atoms with van der Waals surface area (Å²) < 4.78 is 18.5. The fourth-order valence-corrected chi connectivity index (χ4v) is 3.38. The van der Waals surface area contributed by atoms with Gasteiger partial charge in [0.25, 0.3) is 5.91 Å². The summed E-state index contributed by atoms with van der Waals surface area (Å²) in [7, 11) is 0. The number of thiazole rings is 1. The van der Waals surface area contributed by atoms with Crippen molar-refractivity contribution in [2.24, 2.45) is 0 Å². The van der Waals surface area contributed by atoms with E-state index in [4.69, 9.17) is 16.3 Å². The van der Waals surface area contributed by atoms with E-state index in [1.807, 2.05) is 18.2 Å². The summed E-state index contributed by atoms with van der Waals surface area (Å²) >= 11 is 7.52. The number of aromatic nitrogens is 1. The summed E-state index contributed by atoms with van der Waals surface area (Å²) in [5, 5.41) is 3.03. The number of carbonyl (C=O) groups excluding carboxylic acids is 2. The molecule has 0 bridgehead atoms. The van der Waals surface area contributed by atoms with Crippen LogP contribution >= 0.6 is 22.9 Å². The van der Waals surface area contributed by atoms with Crippen LogP contribution in [0.5, 0.6) is 5.75 Å². The van der Waals surface area contributed by atoms with Crippen molar-refractivity contribution in [2.75, 3.05) is 6.61 Å². The van der Waals surface area contributed by atoms with Crippen LogP contribution in [-0.2, 0) is 16.0 Å². The zero-order valence-corrected chi connectivity index (χ0v) is 16.0. The lowest BCUT2D eigenvalue weighted by atomic mass is 10.2. The Labute approximate surface area is 169 Å². The number of ether oxygens (including phenoxy) is 1. The number of amides is 2. The zero-order chi connectivity index (χ0) is 19.9. The molecule has 3 rings (SSSR count). The van der Waals surface area contributed by atoms with E-state index in [2.05, 4.69) is 15.8 Å². The fourth-order valence-electron chi connectivity index (χ4n) is 2.24. The molecule has 0 fully saturated rings. The molecule has 0 saturated carbocycles. The Kier molecular flexibility index (Phi) is 6.57. The summed E-state index contributed by atoms with van der Waals surface area (Å²) in [4.78, 5) is 28.1. The normalized spacial score (nSPS) is 10.4. The van der Waals surface area contributed by atoms with Gasteiger partial charge in [-0.25, -0.2) is 9.37 Å². The lowest BCUT2D eigenvalue weighted by molar-refractivity contribution is -0.129. The van der Waals surface area contributed by atoms with Crippen LogP contribution in [0.25, 0.3) is 10.6 Å². The first kappa shape index (κ1) is 19.8. The highest BCUT2D eigenvalue weighted by molar-refractivity contribution is 7.13. The predicted molar refractivity (Wildman–Crippen MR) is 104 cm³/mol. The Balaban J connectivity index is 1.46. The highest BCUT2D eigenvalue weighted by Crippen LogP contribution is 2.30. The topological polar surface area (TPSA) is 80.3 Å². The van der Waals surface area contributed by atoms with E-state index in [-0.39, 0.29) is 12.2 Å². The third-order valence-corrected chi connectivity index (χ3v) is 4.79. The number of carbonyl (C=O) groups is 2. The van der Waals surface area contributed by atoms with Crippen LogP contribution in [0.2, 0.25) is 5.02 Å². The Hall–Kier alpha value is -2.97. The van der Waals surface area contributed by atoms with Gasteiger partial charge in [0.15, 0.2) is 18.2 Å². The molecular formula is C19H15ClFN3O3S. The van der Waals surface area contributed by atoms with E-state index >= 15 is 0 Å². The van der Waals surface area contributed by atoms with Crippen LogP contribution in [0.15, 0.2) is 53.9 Å².